The van der Waals surface area contributed by atoms with Crippen molar-refractivity contribution in [3.63, 3.8) is 0 Å². The number of pyridine rings is 1. The number of fused-ring (bicyclic) bond motifs is 1. The number of hydrogen-bond acceptors (Lipinski definition) is 5. The molecule has 1 saturated heterocycles. The van der Waals surface area contributed by atoms with Gasteiger partial charge in [0.05, 0.1) is 12.6 Å². The molecule has 1 amide bonds. The number of amides is 1. The molecule has 1 saturated carbocycles. The van der Waals surface area contributed by atoms with E-state index < -0.39 is 30.5 Å². The van der Waals surface area contributed by atoms with Crippen LogP contribution in [0, 0.1) is 5.92 Å². The second-order valence-electron chi connectivity index (χ2n) is 8.06. The summed E-state index contributed by atoms with van der Waals surface area (Å²) in [4.78, 5) is 17.9. The van der Waals surface area contributed by atoms with Crippen molar-refractivity contribution in [3.8, 4) is 0 Å². The summed E-state index contributed by atoms with van der Waals surface area (Å²) in [6.07, 6.45) is 4.76. The molecule has 4 N–H and O–H groups in total. The lowest BCUT2D eigenvalue weighted by molar-refractivity contribution is -0.133. The van der Waals surface area contributed by atoms with Gasteiger partial charge < -0.3 is 16.4 Å². The fourth-order valence-electron chi connectivity index (χ4n) is 4.57. The molecular weight excluding hydrogens is 366 g/mol. The van der Waals surface area contributed by atoms with Gasteiger partial charge >= 0.3 is 0 Å². The zero-order valence-electron chi connectivity index (χ0n) is 15.7. The highest BCUT2D eigenvalue weighted by molar-refractivity contribution is 5.82. The average Bonchev–Trinajstić information content (AvgIpc) is 3.32. The van der Waals surface area contributed by atoms with E-state index in [4.69, 9.17) is 11.5 Å². The lowest BCUT2D eigenvalue weighted by Gasteiger charge is -2.35. The Labute approximate surface area is 162 Å². The minimum Gasteiger partial charge on any atom is -0.335 e. The Morgan fingerprint density at radius 3 is 2.64 bits per heavy atom. The summed E-state index contributed by atoms with van der Waals surface area (Å²) in [6, 6.07) is 4.51. The van der Waals surface area contributed by atoms with Crippen LogP contribution >= 0.6 is 0 Å². The van der Waals surface area contributed by atoms with Gasteiger partial charge in [-0.25, -0.2) is 18.3 Å². The Kier molecular flexibility index (Phi) is 5.05. The third-order valence-electron chi connectivity index (χ3n) is 6.25. The molecule has 0 unspecified atom stereocenters. The van der Waals surface area contributed by atoms with Crippen molar-refractivity contribution in [1.29, 1.82) is 0 Å². The van der Waals surface area contributed by atoms with Gasteiger partial charge in [-0.2, -0.15) is 5.10 Å². The molecule has 28 heavy (non-hydrogen) atoms. The Bertz CT molecular complexity index is 848. The van der Waals surface area contributed by atoms with Crippen LogP contribution < -0.4 is 11.5 Å². The molecule has 2 aliphatic rings. The molecule has 1 aliphatic heterocycles. The topological polar surface area (TPSA) is 103 Å². The number of nitrogens with two attached hydrogens (primary N) is 2. The molecule has 0 spiro atoms. The lowest BCUT2D eigenvalue weighted by atomic mass is 9.75. The van der Waals surface area contributed by atoms with Crippen LogP contribution in [-0.4, -0.2) is 56.5 Å². The van der Waals surface area contributed by atoms with Gasteiger partial charge in [0.25, 0.3) is 5.92 Å². The highest BCUT2D eigenvalue weighted by Crippen LogP contribution is 2.37. The van der Waals surface area contributed by atoms with Gasteiger partial charge in [0.2, 0.25) is 5.91 Å². The highest BCUT2D eigenvalue weighted by atomic mass is 19.3. The maximum Gasteiger partial charge on any atom is 0.267 e. The SMILES string of the molecule is N[C@H](C(=O)N1CCC(F)(F)C1)[C@@H](N)C1CCC(c2cccc3ncnn23)CC1. The third kappa shape index (κ3) is 3.60. The minimum absolute atomic E-state index is 0.0426. The van der Waals surface area contributed by atoms with Crippen LogP contribution in [0.3, 0.4) is 0 Å². The van der Waals surface area contributed by atoms with Gasteiger partial charge in [-0.3, -0.25) is 4.79 Å². The van der Waals surface area contributed by atoms with Crippen molar-refractivity contribution in [1.82, 2.24) is 19.5 Å². The van der Waals surface area contributed by atoms with Gasteiger partial charge in [0.15, 0.2) is 5.65 Å². The average molecular weight is 392 g/mol. The molecule has 2 aromatic rings. The Balaban J connectivity index is 1.37. The summed E-state index contributed by atoms with van der Waals surface area (Å²) in [5.74, 6) is -2.83. The molecule has 7 nitrogen and oxygen atoms in total. The lowest BCUT2D eigenvalue weighted by Crippen LogP contribution is -2.56. The van der Waals surface area contributed by atoms with Gasteiger partial charge in [0.1, 0.15) is 6.33 Å². The van der Waals surface area contributed by atoms with E-state index in [-0.39, 0.29) is 18.9 Å². The van der Waals surface area contributed by atoms with Crippen molar-refractivity contribution < 1.29 is 13.6 Å². The number of carbonyl (C=O) groups excluding carboxylic acids is 1. The molecule has 1 aliphatic carbocycles. The quantitative estimate of drug-likeness (QED) is 0.821. The molecule has 9 heteroatoms. The second kappa shape index (κ2) is 7.36. The maximum atomic E-state index is 13.4. The molecule has 0 aromatic carbocycles. The highest BCUT2D eigenvalue weighted by Gasteiger charge is 2.43. The van der Waals surface area contributed by atoms with Gasteiger partial charge in [-0.05, 0) is 43.7 Å². The number of hydrogen-bond donors (Lipinski definition) is 2. The molecular formula is C19H26F2N6O. The summed E-state index contributed by atoms with van der Waals surface area (Å²) < 4.78 is 28.6. The Hall–Kier alpha value is -2.13. The maximum absolute atomic E-state index is 13.4. The predicted molar refractivity (Wildman–Crippen MR) is 99.8 cm³/mol. The van der Waals surface area contributed by atoms with E-state index >= 15 is 0 Å². The fraction of sp³-hybridized carbons (Fsp3) is 0.632. The fourth-order valence-corrected chi connectivity index (χ4v) is 4.57. The van der Waals surface area contributed by atoms with Crippen molar-refractivity contribution in [2.75, 3.05) is 13.1 Å². The molecule has 2 atom stereocenters. The summed E-state index contributed by atoms with van der Waals surface area (Å²) in [6.45, 7) is -0.512. The van der Waals surface area contributed by atoms with E-state index in [0.29, 0.717) is 5.92 Å². The summed E-state index contributed by atoms with van der Waals surface area (Å²) in [7, 11) is 0. The number of likely N-dealkylation sites (tertiary alicyclic amines) is 1. The summed E-state index contributed by atoms with van der Waals surface area (Å²) in [5.41, 5.74) is 14.3. The van der Waals surface area contributed by atoms with E-state index in [2.05, 4.69) is 16.1 Å². The van der Waals surface area contributed by atoms with Crippen LogP contribution in [0.2, 0.25) is 0 Å². The Morgan fingerprint density at radius 1 is 1.21 bits per heavy atom. The molecule has 152 valence electrons. The number of rotatable bonds is 4. The van der Waals surface area contributed by atoms with Crippen molar-refractivity contribution in [2.24, 2.45) is 17.4 Å². The first-order valence-corrected chi connectivity index (χ1v) is 9.82. The largest absolute Gasteiger partial charge is 0.335 e. The van der Waals surface area contributed by atoms with Crippen LogP contribution in [0.15, 0.2) is 24.5 Å². The third-order valence-corrected chi connectivity index (χ3v) is 6.25. The number of aromatic nitrogens is 3. The van der Waals surface area contributed by atoms with Gasteiger partial charge in [-0.1, -0.05) is 6.07 Å². The van der Waals surface area contributed by atoms with Crippen LogP contribution in [0.4, 0.5) is 8.78 Å². The first-order chi connectivity index (χ1) is 13.4. The summed E-state index contributed by atoms with van der Waals surface area (Å²) >= 11 is 0. The van der Waals surface area contributed by atoms with Crippen molar-refractivity contribution >= 4 is 11.6 Å². The molecule has 2 fully saturated rings. The van der Waals surface area contributed by atoms with Crippen molar-refractivity contribution in [2.45, 2.75) is 56.0 Å². The van der Waals surface area contributed by atoms with Crippen LogP contribution in [0.1, 0.15) is 43.7 Å². The number of alkyl halides is 2. The van der Waals surface area contributed by atoms with E-state index in [1.54, 1.807) is 6.33 Å². The molecule has 3 heterocycles. The predicted octanol–water partition coefficient (Wildman–Crippen LogP) is 1.53. The molecule has 4 rings (SSSR count). The molecule has 2 aromatic heterocycles. The second-order valence-corrected chi connectivity index (χ2v) is 8.06. The normalized spacial score (nSPS) is 27.1. The number of halogens is 2. The minimum atomic E-state index is -2.82. The zero-order valence-corrected chi connectivity index (χ0v) is 15.7. The van der Waals surface area contributed by atoms with E-state index in [0.717, 1.165) is 41.9 Å². The first-order valence-electron chi connectivity index (χ1n) is 9.82. The zero-order chi connectivity index (χ0) is 19.9. The Morgan fingerprint density at radius 2 is 1.96 bits per heavy atom. The summed E-state index contributed by atoms with van der Waals surface area (Å²) in [5, 5.41) is 4.30. The molecule has 0 radical (unpaired) electrons. The van der Waals surface area contributed by atoms with E-state index in [1.165, 1.54) is 0 Å². The monoisotopic (exact) mass is 392 g/mol. The van der Waals surface area contributed by atoms with Crippen LogP contribution in [0.5, 0.6) is 0 Å². The van der Waals surface area contributed by atoms with E-state index in [1.807, 2.05) is 16.6 Å². The molecule has 0 bridgehead atoms. The van der Waals surface area contributed by atoms with Crippen LogP contribution in [-0.2, 0) is 4.79 Å². The van der Waals surface area contributed by atoms with Gasteiger partial charge in [0, 0.05) is 30.6 Å². The van der Waals surface area contributed by atoms with Crippen molar-refractivity contribution in [3.05, 3.63) is 30.2 Å². The number of nitrogens with zero attached hydrogens (tertiary/aromatic N) is 4. The first kappa shape index (κ1) is 19.2. The number of carbonyl (C=O) groups is 1. The standard InChI is InChI=1S/C19H26F2N6O/c20-19(21)8-9-26(10-19)18(28)17(23)16(22)13-6-4-12(5-7-13)14-2-1-3-15-24-11-25-27(14)15/h1-3,11-13,16-17H,4-10,22-23H2/t12?,13?,16-,17-/m0/s1. The van der Waals surface area contributed by atoms with E-state index in [9.17, 15) is 13.6 Å². The smallest absolute Gasteiger partial charge is 0.267 e. The van der Waals surface area contributed by atoms with Gasteiger partial charge in [-0.15, -0.1) is 0 Å². The van der Waals surface area contributed by atoms with Crippen LogP contribution in [0.25, 0.3) is 5.65 Å².